The minimum atomic E-state index is -0.107. The van der Waals surface area contributed by atoms with Gasteiger partial charge in [-0.2, -0.15) is 0 Å². The van der Waals surface area contributed by atoms with E-state index in [0.717, 1.165) is 17.2 Å². The average Bonchev–Trinajstić information content (AvgIpc) is 3.06. The fourth-order valence-electron chi connectivity index (χ4n) is 2.16. The second-order valence-corrected chi connectivity index (χ2v) is 5.90. The lowest BCUT2D eigenvalue weighted by Gasteiger charge is -2.13. The fraction of sp³-hybridized carbons (Fsp3) is 0.286. The Labute approximate surface area is 131 Å². The number of hydrogen-bond acceptors (Lipinski definition) is 6. The zero-order chi connectivity index (χ0) is 15.5. The van der Waals surface area contributed by atoms with Gasteiger partial charge in [-0.3, -0.25) is 14.1 Å². The third-order valence-electron chi connectivity index (χ3n) is 3.06. The van der Waals surface area contributed by atoms with E-state index in [-0.39, 0.29) is 5.91 Å². The van der Waals surface area contributed by atoms with Crippen molar-refractivity contribution in [1.82, 2.24) is 24.5 Å². The van der Waals surface area contributed by atoms with Gasteiger partial charge in [0, 0.05) is 25.0 Å². The minimum absolute atomic E-state index is 0.107. The minimum Gasteiger partial charge on any atom is -0.302 e. The molecule has 0 aromatic carbocycles. The Hall–Kier alpha value is -2.32. The summed E-state index contributed by atoms with van der Waals surface area (Å²) in [5, 5.41) is 13.6. The SMILES string of the molecule is CC(=O)Nc1nc(CN(C)Cc2nnc3ccccn23)cs1. The number of anilines is 1. The number of nitrogens with zero attached hydrogens (tertiary/aromatic N) is 5. The molecule has 0 aliphatic rings. The molecule has 22 heavy (non-hydrogen) atoms. The van der Waals surface area contributed by atoms with Crippen LogP contribution in [0.4, 0.5) is 5.13 Å². The van der Waals surface area contributed by atoms with Gasteiger partial charge in [-0.05, 0) is 19.2 Å². The molecule has 1 N–H and O–H groups in total. The van der Waals surface area contributed by atoms with E-state index in [1.807, 2.05) is 41.2 Å². The van der Waals surface area contributed by atoms with E-state index < -0.39 is 0 Å². The maximum absolute atomic E-state index is 11.0. The molecule has 8 heteroatoms. The van der Waals surface area contributed by atoms with Crippen LogP contribution in [0.2, 0.25) is 0 Å². The van der Waals surface area contributed by atoms with Crippen LogP contribution in [0.15, 0.2) is 29.8 Å². The van der Waals surface area contributed by atoms with Crippen LogP contribution in [-0.4, -0.2) is 37.4 Å². The van der Waals surface area contributed by atoms with E-state index in [2.05, 4.69) is 25.4 Å². The van der Waals surface area contributed by atoms with Crippen LogP contribution in [0.25, 0.3) is 5.65 Å². The Morgan fingerprint density at radius 3 is 3.05 bits per heavy atom. The van der Waals surface area contributed by atoms with Crippen LogP contribution in [0.5, 0.6) is 0 Å². The molecular formula is C14H16N6OS. The molecular weight excluding hydrogens is 300 g/mol. The summed E-state index contributed by atoms with van der Waals surface area (Å²) in [5.74, 6) is 0.777. The molecule has 0 aliphatic heterocycles. The number of amides is 1. The molecule has 0 saturated carbocycles. The predicted molar refractivity (Wildman–Crippen MR) is 84.6 cm³/mol. The van der Waals surface area contributed by atoms with Crippen molar-refractivity contribution in [3.05, 3.63) is 41.3 Å². The maximum atomic E-state index is 11.0. The number of pyridine rings is 1. The molecule has 0 saturated heterocycles. The van der Waals surface area contributed by atoms with Crippen molar-refractivity contribution in [2.75, 3.05) is 12.4 Å². The van der Waals surface area contributed by atoms with Crippen molar-refractivity contribution in [1.29, 1.82) is 0 Å². The molecule has 1 amide bonds. The highest BCUT2D eigenvalue weighted by molar-refractivity contribution is 7.13. The van der Waals surface area contributed by atoms with Crippen molar-refractivity contribution >= 4 is 28.0 Å². The third-order valence-corrected chi connectivity index (χ3v) is 3.87. The Balaban J connectivity index is 1.66. The van der Waals surface area contributed by atoms with Gasteiger partial charge in [-0.25, -0.2) is 4.98 Å². The highest BCUT2D eigenvalue weighted by Crippen LogP contribution is 2.17. The number of fused-ring (bicyclic) bond motifs is 1. The van der Waals surface area contributed by atoms with Gasteiger partial charge in [0.2, 0.25) is 5.91 Å². The second-order valence-electron chi connectivity index (χ2n) is 5.04. The number of hydrogen-bond donors (Lipinski definition) is 1. The normalized spacial score (nSPS) is 11.2. The summed E-state index contributed by atoms with van der Waals surface area (Å²) in [6, 6.07) is 5.83. The first-order valence-corrected chi connectivity index (χ1v) is 7.69. The molecule has 0 aliphatic carbocycles. The zero-order valence-electron chi connectivity index (χ0n) is 12.4. The first-order chi connectivity index (χ1) is 10.6. The lowest BCUT2D eigenvalue weighted by molar-refractivity contribution is -0.114. The van der Waals surface area contributed by atoms with Gasteiger partial charge in [0.05, 0.1) is 12.2 Å². The summed E-state index contributed by atoms with van der Waals surface area (Å²) in [5.41, 5.74) is 1.76. The first kappa shape index (κ1) is 14.6. The molecule has 3 heterocycles. The summed E-state index contributed by atoms with van der Waals surface area (Å²) in [7, 11) is 2.00. The van der Waals surface area contributed by atoms with E-state index in [1.54, 1.807) is 0 Å². The molecule has 3 aromatic heterocycles. The highest BCUT2D eigenvalue weighted by atomic mass is 32.1. The molecule has 0 fully saturated rings. The predicted octanol–water partition coefficient (Wildman–Crippen LogP) is 1.78. The summed E-state index contributed by atoms with van der Waals surface area (Å²) >= 11 is 1.43. The van der Waals surface area contributed by atoms with E-state index in [0.29, 0.717) is 18.2 Å². The third kappa shape index (κ3) is 3.29. The van der Waals surface area contributed by atoms with Gasteiger partial charge in [0.25, 0.3) is 0 Å². The van der Waals surface area contributed by atoms with Gasteiger partial charge in [-0.15, -0.1) is 21.5 Å². The lowest BCUT2D eigenvalue weighted by Crippen LogP contribution is -2.19. The Bertz CT molecular complexity index is 795. The summed E-state index contributed by atoms with van der Waals surface area (Å²) in [4.78, 5) is 17.5. The van der Waals surface area contributed by atoms with Gasteiger partial charge < -0.3 is 5.32 Å². The number of aromatic nitrogens is 4. The van der Waals surface area contributed by atoms with Crippen LogP contribution < -0.4 is 5.32 Å². The summed E-state index contributed by atoms with van der Waals surface area (Å²) in [6.45, 7) is 2.82. The quantitative estimate of drug-likeness (QED) is 0.776. The molecule has 0 spiro atoms. The topological polar surface area (TPSA) is 75.4 Å². The monoisotopic (exact) mass is 316 g/mol. The van der Waals surface area contributed by atoms with Gasteiger partial charge >= 0.3 is 0 Å². The second kappa shape index (κ2) is 6.20. The van der Waals surface area contributed by atoms with Crippen molar-refractivity contribution in [2.45, 2.75) is 20.0 Å². The first-order valence-electron chi connectivity index (χ1n) is 6.81. The molecule has 3 aromatic rings. The van der Waals surface area contributed by atoms with Crippen molar-refractivity contribution in [3.8, 4) is 0 Å². The number of rotatable bonds is 5. The summed E-state index contributed by atoms with van der Waals surface area (Å²) in [6.07, 6.45) is 1.95. The molecule has 3 rings (SSSR count). The molecule has 0 unspecified atom stereocenters. The lowest BCUT2D eigenvalue weighted by atomic mass is 10.4. The van der Waals surface area contributed by atoms with E-state index in [9.17, 15) is 4.79 Å². The van der Waals surface area contributed by atoms with Crippen LogP contribution >= 0.6 is 11.3 Å². The Morgan fingerprint density at radius 2 is 2.23 bits per heavy atom. The smallest absolute Gasteiger partial charge is 0.223 e. The van der Waals surface area contributed by atoms with Crippen LogP contribution in [0.3, 0.4) is 0 Å². The Morgan fingerprint density at radius 1 is 1.36 bits per heavy atom. The van der Waals surface area contributed by atoms with Gasteiger partial charge in [0.15, 0.2) is 16.6 Å². The van der Waals surface area contributed by atoms with Crippen LogP contribution in [0.1, 0.15) is 18.4 Å². The molecule has 0 atom stereocenters. The number of carbonyl (C=O) groups is 1. The number of carbonyl (C=O) groups excluding carboxylic acids is 1. The number of nitrogens with one attached hydrogen (secondary N) is 1. The molecule has 7 nitrogen and oxygen atoms in total. The zero-order valence-corrected chi connectivity index (χ0v) is 13.2. The largest absolute Gasteiger partial charge is 0.302 e. The maximum Gasteiger partial charge on any atom is 0.223 e. The van der Waals surface area contributed by atoms with Gasteiger partial charge in [0.1, 0.15) is 0 Å². The number of thiazole rings is 1. The van der Waals surface area contributed by atoms with Crippen molar-refractivity contribution in [3.63, 3.8) is 0 Å². The van der Waals surface area contributed by atoms with Gasteiger partial charge in [-0.1, -0.05) is 6.07 Å². The average molecular weight is 316 g/mol. The van der Waals surface area contributed by atoms with Crippen molar-refractivity contribution < 1.29 is 4.79 Å². The van der Waals surface area contributed by atoms with Crippen molar-refractivity contribution in [2.24, 2.45) is 0 Å². The summed E-state index contributed by atoms with van der Waals surface area (Å²) < 4.78 is 1.97. The Kier molecular flexibility index (Phi) is 4.12. The van der Waals surface area contributed by atoms with Crippen LogP contribution in [0, 0.1) is 0 Å². The highest BCUT2D eigenvalue weighted by Gasteiger charge is 2.10. The molecule has 114 valence electrons. The van der Waals surface area contributed by atoms with E-state index in [4.69, 9.17) is 0 Å². The molecule has 0 bridgehead atoms. The fourth-order valence-corrected chi connectivity index (χ4v) is 2.91. The van der Waals surface area contributed by atoms with E-state index >= 15 is 0 Å². The molecule has 0 radical (unpaired) electrons. The van der Waals surface area contributed by atoms with E-state index in [1.165, 1.54) is 18.3 Å². The van der Waals surface area contributed by atoms with Crippen LogP contribution in [-0.2, 0) is 17.9 Å². The standard InChI is InChI=1S/C14H16N6OS/c1-10(21)15-14-16-11(9-22-14)7-19(2)8-13-18-17-12-5-3-4-6-20(12)13/h3-6,9H,7-8H2,1-2H3,(H,15,16,21).